The highest BCUT2D eigenvalue weighted by Crippen LogP contribution is 2.27. The Labute approximate surface area is 81.7 Å². The predicted molar refractivity (Wildman–Crippen MR) is 43.4 cm³/mol. The molecule has 0 unspecified atom stereocenters. The number of hydrogen-bond acceptors (Lipinski definition) is 3. The van der Waals surface area contributed by atoms with Gasteiger partial charge < -0.3 is 9.72 Å². The third kappa shape index (κ3) is 2.58. The fourth-order valence-electron chi connectivity index (χ4n) is 0.932. The summed E-state index contributed by atoms with van der Waals surface area (Å²) in [5.74, 6) is -0.994. The van der Waals surface area contributed by atoms with Crippen molar-refractivity contribution in [2.75, 3.05) is 7.11 Å². The Balaban J connectivity index is 3.29. The van der Waals surface area contributed by atoms with Gasteiger partial charge >= 0.3 is 12.1 Å². The standard InChI is InChI=1S/C8H6F3NO3/c1-15-7(14)4-2-5(8(9,10)11)12-6(13)3-4/h2-3H,1H3,(H,12,13). The summed E-state index contributed by atoms with van der Waals surface area (Å²) in [6, 6.07) is 1.26. The van der Waals surface area contributed by atoms with Gasteiger partial charge in [-0.2, -0.15) is 13.2 Å². The Kier molecular flexibility index (Phi) is 2.83. The van der Waals surface area contributed by atoms with Crippen molar-refractivity contribution in [3.63, 3.8) is 0 Å². The van der Waals surface area contributed by atoms with Gasteiger partial charge in [-0.1, -0.05) is 0 Å². The van der Waals surface area contributed by atoms with E-state index < -0.39 is 29.0 Å². The Morgan fingerprint density at radius 2 is 2.00 bits per heavy atom. The van der Waals surface area contributed by atoms with Crippen molar-refractivity contribution < 1.29 is 22.7 Å². The monoisotopic (exact) mass is 221 g/mol. The van der Waals surface area contributed by atoms with Gasteiger partial charge in [0, 0.05) is 6.07 Å². The van der Waals surface area contributed by atoms with Gasteiger partial charge in [0.2, 0.25) is 5.56 Å². The first-order valence-corrected chi connectivity index (χ1v) is 3.74. The Morgan fingerprint density at radius 3 is 2.47 bits per heavy atom. The summed E-state index contributed by atoms with van der Waals surface area (Å²) < 4.78 is 40.8. The SMILES string of the molecule is COC(=O)c1cc(C(F)(F)F)[nH]c(=O)c1. The van der Waals surface area contributed by atoms with E-state index in [4.69, 9.17) is 0 Å². The molecule has 0 atom stereocenters. The van der Waals surface area contributed by atoms with Crippen molar-refractivity contribution in [1.29, 1.82) is 0 Å². The molecule has 1 rings (SSSR count). The predicted octanol–water partition coefficient (Wildman–Crippen LogP) is 1.18. The average molecular weight is 221 g/mol. The van der Waals surface area contributed by atoms with Crippen molar-refractivity contribution in [2.24, 2.45) is 0 Å². The largest absolute Gasteiger partial charge is 0.465 e. The summed E-state index contributed by atoms with van der Waals surface area (Å²) >= 11 is 0. The summed E-state index contributed by atoms with van der Waals surface area (Å²) in [4.78, 5) is 23.3. The molecule has 0 amide bonds. The Hall–Kier alpha value is -1.79. The van der Waals surface area contributed by atoms with Crippen molar-refractivity contribution >= 4 is 5.97 Å². The van der Waals surface area contributed by atoms with Crippen LogP contribution in [0.2, 0.25) is 0 Å². The Bertz CT molecular complexity index is 435. The van der Waals surface area contributed by atoms with Crippen LogP contribution in [-0.4, -0.2) is 18.1 Å². The zero-order valence-electron chi connectivity index (χ0n) is 7.51. The maximum absolute atomic E-state index is 12.2. The molecule has 0 aromatic carbocycles. The number of esters is 1. The van der Waals surface area contributed by atoms with Crippen LogP contribution < -0.4 is 5.56 Å². The van der Waals surface area contributed by atoms with Crippen LogP contribution in [-0.2, 0) is 10.9 Å². The summed E-state index contributed by atoms with van der Waals surface area (Å²) in [6.07, 6.45) is -4.71. The molecule has 82 valence electrons. The van der Waals surface area contributed by atoms with Gasteiger partial charge in [0.1, 0.15) is 5.69 Å². The molecule has 1 aromatic rings. The number of nitrogens with one attached hydrogen (secondary N) is 1. The molecule has 15 heavy (non-hydrogen) atoms. The van der Waals surface area contributed by atoms with Crippen molar-refractivity contribution in [3.05, 3.63) is 33.7 Å². The van der Waals surface area contributed by atoms with Gasteiger partial charge in [-0.3, -0.25) is 4.79 Å². The van der Waals surface area contributed by atoms with Crippen LogP contribution in [0.4, 0.5) is 13.2 Å². The number of hydrogen-bond donors (Lipinski definition) is 1. The lowest BCUT2D eigenvalue weighted by Crippen LogP contribution is -2.18. The van der Waals surface area contributed by atoms with E-state index in [1.807, 2.05) is 0 Å². The number of H-pyrrole nitrogens is 1. The van der Waals surface area contributed by atoms with Crippen LogP contribution in [0.5, 0.6) is 0 Å². The minimum Gasteiger partial charge on any atom is -0.465 e. The Morgan fingerprint density at radius 1 is 1.40 bits per heavy atom. The molecule has 0 radical (unpaired) electrons. The smallest absolute Gasteiger partial charge is 0.431 e. The fourth-order valence-corrected chi connectivity index (χ4v) is 0.932. The van der Waals surface area contributed by atoms with E-state index in [9.17, 15) is 22.8 Å². The minimum atomic E-state index is -4.71. The first kappa shape index (κ1) is 11.3. The number of ether oxygens (including phenoxy) is 1. The third-order valence-corrected chi connectivity index (χ3v) is 1.57. The second-order valence-corrected chi connectivity index (χ2v) is 2.64. The molecule has 7 heteroatoms. The van der Waals surface area contributed by atoms with E-state index in [0.29, 0.717) is 6.07 Å². The number of halogens is 3. The highest BCUT2D eigenvalue weighted by Gasteiger charge is 2.32. The van der Waals surface area contributed by atoms with Crippen molar-refractivity contribution in [1.82, 2.24) is 4.98 Å². The van der Waals surface area contributed by atoms with Crippen LogP contribution in [0.15, 0.2) is 16.9 Å². The minimum absolute atomic E-state index is 0.437. The maximum atomic E-state index is 12.2. The van der Waals surface area contributed by atoms with Crippen LogP contribution >= 0.6 is 0 Å². The molecule has 0 bridgehead atoms. The first-order chi connectivity index (χ1) is 6.84. The lowest BCUT2D eigenvalue weighted by atomic mass is 10.2. The summed E-state index contributed by atoms with van der Waals surface area (Å²) in [5, 5.41) is 0. The zero-order chi connectivity index (χ0) is 11.6. The normalized spacial score (nSPS) is 11.2. The van der Waals surface area contributed by atoms with E-state index in [1.54, 1.807) is 4.98 Å². The molecule has 0 fully saturated rings. The quantitative estimate of drug-likeness (QED) is 0.724. The van der Waals surface area contributed by atoms with Gasteiger partial charge in [0.25, 0.3) is 0 Å². The molecule has 0 aliphatic heterocycles. The molecule has 0 aliphatic carbocycles. The molecule has 0 saturated carbocycles. The third-order valence-electron chi connectivity index (χ3n) is 1.57. The molecule has 0 saturated heterocycles. The van der Waals surface area contributed by atoms with Crippen LogP contribution in [0.3, 0.4) is 0 Å². The average Bonchev–Trinajstić information content (AvgIpc) is 2.14. The number of carbonyl (C=O) groups excluding carboxylic acids is 1. The summed E-state index contributed by atoms with van der Waals surface area (Å²) in [7, 11) is 1.01. The highest BCUT2D eigenvalue weighted by molar-refractivity contribution is 5.89. The number of alkyl halides is 3. The summed E-state index contributed by atoms with van der Waals surface area (Å²) in [6.45, 7) is 0. The molecule has 1 N–H and O–H groups in total. The molecule has 1 heterocycles. The van der Waals surface area contributed by atoms with E-state index in [0.717, 1.165) is 13.2 Å². The fraction of sp³-hybridized carbons (Fsp3) is 0.250. The van der Waals surface area contributed by atoms with E-state index in [2.05, 4.69) is 4.74 Å². The van der Waals surface area contributed by atoms with Crippen LogP contribution in [0, 0.1) is 0 Å². The molecule has 4 nitrogen and oxygen atoms in total. The lowest BCUT2D eigenvalue weighted by molar-refractivity contribution is -0.141. The van der Waals surface area contributed by atoms with Crippen molar-refractivity contribution in [2.45, 2.75) is 6.18 Å². The van der Waals surface area contributed by atoms with Gasteiger partial charge in [-0.25, -0.2) is 4.79 Å². The zero-order valence-corrected chi connectivity index (χ0v) is 7.51. The molecular formula is C8H6F3NO3. The number of pyridine rings is 1. The second-order valence-electron chi connectivity index (χ2n) is 2.64. The van der Waals surface area contributed by atoms with Gasteiger partial charge in [0.05, 0.1) is 12.7 Å². The number of methoxy groups -OCH3 is 1. The summed E-state index contributed by atoms with van der Waals surface area (Å²) in [5.41, 5.74) is -2.73. The number of rotatable bonds is 1. The second kappa shape index (κ2) is 3.76. The number of aromatic nitrogens is 1. The molecule has 0 aliphatic rings. The van der Waals surface area contributed by atoms with Crippen molar-refractivity contribution in [3.8, 4) is 0 Å². The van der Waals surface area contributed by atoms with Gasteiger partial charge in [-0.05, 0) is 6.07 Å². The molecule has 1 aromatic heterocycles. The molecule has 0 spiro atoms. The highest BCUT2D eigenvalue weighted by atomic mass is 19.4. The first-order valence-electron chi connectivity index (χ1n) is 3.74. The van der Waals surface area contributed by atoms with E-state index >= 15 is 0 Å². The maximum Gasteiger partial charge on any atom is 0.431 e. The van der Waals surface area contributed by atoms with Crippen LogP contribution in [0.1, 0.15) is 16.1 Å². The molecular weight excluding hydrogens is 215 g/mol. The van der Waals surface area contributed by atoms with Gasteiger partial charge in [0.15, 0.2) is 0 Å². The topological polar surface area (TPSA) is 59.2 Å². The van der Waals surface area contributed by atoms with Gasteiger partial charge in [-0.15, -0.1) is 0 Å². The number of aromatic amines is 1. The van der Waals surface area contributed by atoms with E-state index in [1.165, 1.54) is 0 Å². The van der Waals surface area contributed by atoms with Crippen LogP contribution in [0.25, 0.3) is 0 Å². The lowest BCUT2D eigenvalue weighted by Gasteiger charge is -2.06. The number of carbonyl (C=O) groups is 1. The van der Waals surface area contributed by atoms with E-state index in [-0.39, 0.29) is 0 Å².